The van der Waals surface area contributed by atoms with E-state index in [-0.39, 0.29) is 5.78 Å². The molecule has 0 aliphatic heterocycles. The number of rotatable bonds is 6. The lowest BCUT2D eigenvalue weighted by atomic mass is 10.1. The summed E-state index contributed by atoms with van der Waals surface area (Å²) in [6.45, 7) is 3.81. The molecule has 0 atom stereocenters. The first-order valence-electron chi connectivity index (χ1n) is 6.98. The Bertz CT molecular complexity index is 471. The molecule has 1 aromatic rings. The summed E-state index contributed by atoms with van der Waals surface area (Å²) < 4.78 is 0. The number of benzene rings is 1. The van der Waals surface area contributed by atoms with E-state index < -0.39 is 0 Å². The van der Waals surface area contributed by atoms with Gasteiger partial charge in [-0.3, -0.25) is 4.79 Å². The monoisotopic (exact) mass is 254 g/mol. The zero-order valence-corrected chi connectivity index (χ0v) is 11.9. The Balaban J connectivity index is 2.69. The minimum Gasteiger partial charge on any atom is -0.300 e. The molecule has 0 radical (unpaired) electrons. The lowest BCUT2D eigenvalue weighted by Crippen LogP contribution is -1.92. The van der Waals surface area contributed by atoms with Crippen LogP contribution in [-0.4, -0.2) is 5.78 Å². The fraction of sp³-hybridized carbons (Fsp3) is 0.389. The number of ketones is 1. The fourth-order valence-electron chi connectivity index (χ4n) is 1.78. The smallest absolute Gasteiger partial charge is 0.134 e. The van der Waals surface area contributed by atoms with Gasteiger partial charge in [-0.15, -0.1) is 0 Å². The van der Waals surface area contributed by atoms with E-state index in [1.165, 1.54) is 19.3 Å². The molecule has 0 aliphatic carbocycles. The van der Waals surface area contributed by atoms with Crippen molar-refractivity contribution < 1.29 is 4.79 Å². The first kappa shape index (κ1) is 15.2. The van der Waals surface area contributed by atoms with Crippen LogP contribution in [-0.2, 0) is 4.79 Å². The van der Waals surface area contributed by atoms with Gasteiger partial charge in [-0.25, -0.2) is 0 Å². The van der Waals surface area contributed by atoms with Gasteiger partial charge in [0.1, 0.15) is 5.78 Å². The standard InChI is InChI=1S/C18H22O/c1-3-4-5-7-12-18(15-16(2)19)14-13-17-10-8-6-9-11-17/h6,8-12H,3-5,7,15H2,1-2H3/b18-12+. The highest BCUT2D eigenvalue weighted by molar-refractivity contribution is 5.79. The lowest BCUT2D eigenvalue weighted by molar-refractivity contribution is -0.116. The lowest BCUT2D eigenvalue weighted by Gasteiger charge is -1.97. The summed E-state index contributed by atoms with van der Waals surface area (Å²) in [7, 11) is 0. The van der Waals surface area contributed by atoms with Crippen molar-refractivity contribution in [1.29, 1.82) is 0 Å². The zero-order chi connectivity index (χ0) is 13.9. The molecule has 0 saturated carbocycles. The first-order valence-corrected chi connectivity index (χ1v) is 6.98. The summed E-state index contributed by atoms with van der Waals surface area (Å²) in [6.07, 6.45) is 7.20. The van der Waals surface area contributed by atoms with Crippen molar-refractivity contribution in [1.82, 2.24) is 0 Å². The highest BCUT2D eigenvalue weighted by Gasteiger charge is 1.98. The largest absolute Gasteiger partial charge is 0.300 e. The molecule has 1 rings (SSSR count). The SMILES string of the molecule is CCCCC/C=C(\C#Cc1ccccc1)CC(C)=O. The molecule has 1 nitrogen and oxygen atoms in total. The molecular formula is C18H22O. The summed E-state index contributed by atoms with van der Waals surface area (Å²) in [4.78, 5) is 11.2. The van der Waals surface area contributed by atoms with Crippen LogP contribution in [0.2, 0.25) is 0 Å². The van der Waals surface area contributed by atoms with Crippen molar-refractivity contribution in [3.05, 3.63) is 47.5 Å². The van der Waals surface area contributed by atoms with Crippen LogP contribution in [0.4, 0.5) is 0 Å². The van der Waals surface area contributed by atoms with Crippen LogP contribution in [0.3, 0.4) is 0 Å². The van der Waals surface area contributed by atoms with Gasteiger partial charge < -0.3 is 0 Å². The molecular weight excluding hydrogens is 232 g/mol. The maximum atomic E-state index is 11.2. The van der Waals surface area contributed by atoms with Gasteiger partial charge in [-0.2, -0.15) is 0 Å². The average molecular weight is 254 g/mol. The van der Waals surface area contributed by atoms with Gasteiger partial charge in [0.05, 0.1) is 0 Å². The summed E-state index contributed by atoms with van der Waals surface area (Å²) in [5.74, 6) is 6.43. The minimum absolute atomic E-state index is 0.170. The van der Waals surface area contributed by atoms with E-state index in [1.54, 1.807) is 6.92 Å². The van der Waals surface area contributed by atoms with Gasteiger partial charge in [0.25, 0.3) is 0 Å². The molecule has 0 fully saturated rings. The number of carbonyl (C=O) groups is 1. The van der Waals surface area contributed by atoms with E-state index in [0.717, 1.165) is 17.6 Å². The summed E-state index contributed by atoms with van der Waals surface area (Å²) in [5, 5.41) is 0. The van der Waals surface area contributed by atoms with Gasteiger partial charge in [0, 0.05) is 17.6 Å². The van der Waals surface area contributed by atoms with Crippen LogP contribution in [0.25, 0.3) is 0 Å². The molecule has 1 aromatic carbocycles. The molecule has 100 valence electrons. The van der Waals surface area contributed by atoms with Gasteiger partial charge in [0.15, 0.2) is 0 Å². The van der Waals surface area contributed by atoms with E-state index >= 15 is 0 Å². The van der Waals surface area contributed by atoms with Crippen LogP contribution in [0.1, 0.15) is 51.5 Å². The van der Waals surface area contributed by atoms with Crippen LogP contribution < -0.4 is 0 Å². The predicted molar refractivity (Wildman–Crippen MR) is 80.8 cm³/mol. The quantitative estimate of drug-likeness (QED) is 0.538. The normalized spacial score (nSPS) is 10.7. The molecule has 19 heavy (non-hydrogen) atoms. The van der Waals surface area contributed by atoms with Gasteiger partial charge in [-0.05, 0) is 31.9 Å². The molecule has 1 heteroatoms. The number of Topliss-reactive ketones (excluding diaryl/α,β-unsaturated/α-hetero) is 1. The summed E-state index contributed by atoms with van der Waals surface area (Å²) >= 11 is 0. The third kappa shape index (κ3) is 7.26. The number of allylic oxidation sites excluding steroid dienone is 2. The Morgan fingerprint density at radius 3 is 2.58 bits per heavy atom. The second kappa shape index (κ2) is 9.16. The van der Waals surface area contributed by atoms with Crippen molar-refractivity contribution in [3.63, 3.8) is 0 Å². The van der Waals surface area contributed by atoms with Crippen molar-refractivity contribution >= 4 is 5.78 Å². The minimum atomic E-state index is 0.170. The molecule has 0 aromatic heterocycles. The van der Waals surface area contributed by atoms with Crippen LogP contribution in [0.15, 0.2) is 42.0 Å². The Morgan fingerprint density at radius 2 is 1.95 bits per heavy atom. The number of unbranched alkanes of at least 4 members (excludes halogenated alkanes) is 3. The van der Waals surface area contributed by atoms with E-state index in [4.69, 9.17) is 0 Å². The zero-order valence-electron chi connectivity index (χ0n) is 11.9. The average Bonchev–Trinajstić information content (AvgIpc) is 2.41. The highest BCUT2D eigenvalue weighted by Crippen LogP contribution is 2.07. The van der Waals surface area contributed by atoms with Gasteiger partial charge in [-0.1, -0.05) is 55.9 Å². The van der Waals surface area contributed by atoms with Crippen LogP contribution in [0.5, 0.6) is 0 Å². The predicted octanol–water partition coefficient (Wildman–Crippen LogP) is 4.52. The molecule has 0 unspecified atom stereocenters. The maximum Gasteiger partial charge on any atom is 0.134 e. The third-order valence-corrected chi connectivity index (χ3v) is 2.78. The van der Waals surface area contributed by atoms with Crippen molar-refractivity contribution in [2.24, 2.45) is 0 Å². The van der Waals surface area contributed by atoms with Crippen molar-refractivity contribution in [2.45, 2.75) is 46.0 Å². The number of hydrogen-bond acceptors (Lipinski definition) is 1. The highest BCUT2D eigenvalue weighted by atomic mass is 16.1. The molecule has 0 aliphatic rings. The topological polar surface area (TPSA) is 17.1 Å². The molecule has 0 amide bonds. The molecule has 0 saturated heterocycles. The van der Waals surface area contributed by atoms with E-state index in [2.05, 4.69) is 24.8 Å². The molecule has 0 bridgehead atoms. The summed E-state index contributed by atoms with van der Waals surface area (Å²) in [5.41, 5.74) is 1.94. The number of carbonyl (C=O) groups excluding carboxylic acids is 1. The Kier molecular flexibility index (Phi) is 7.35. The molecule has 0 N–H and O–H groups in total. The second-order valence-electron chi connectivity index (χ2n) is 4.72. The molecule has 0 spiro atoms. The maximum absolute atomic E-state index is 11.2. The second-order valence-corrected chi connectivity index (χ2v) is 4.72. The van der Waals surface area contributed by atoms with E-state index in [9.17, 15) is 4.79 Å². The van der Waals surface area contributed by atoms with E-state index in [0.29, 0.717) is 6.42 Å². The fourth-order valence-corrected chi connectivity index (χ4v) is 1.78. The van der Waals surface area contributed by atoms with Crippen LogP contribution in [0, 0.1) is 11.8 Å². The van der Waals surface area contributed by atoms with Crippen molar-refractivity contribution in [3.8, 4) is 11.8 Å². The Morgan fingerprint density at radius 1 is 1.21 bits per heavy atom. The van der Waals surface area contributed by atoms with E-state index in [1.807, 2.05) is 30.3 Å². The van der Waals surface area contributed by atoms with Crippen LogP contribution >= 0.6 is 0 Å². The van der Waals surface area contributed by atoms with Gasteiger partial charge in [0.2, 0.25) is 0 Å². The third-order valence-electron chi connectivity index (χ3n) is 2.78. The first-order chi connectivity index (χ1) is 9.22. The van der Waals surface area contributed by atoms with Crippen molar-refractivity contribution in [2.75, 3.05) is 0 Å². The number of hydrogen-bond donors (Lipinski definition) is 0. The molecule has 0 heterocycles. The Hall–Kier alpha value is -1.81. The summed E-state index contributed by atoms with van der Waals surface area (Å²) in [6, 6.07) is 9.88. The van der Waals surface area contributed by atoms with Gasteiger partial charge >= 0.3 is 0 Å². The Labute approximate surface area is 116 Å².